The van der Waals surface area contributed by atoms with Gasteiger partial charge in [-0.2, -0.15) is 11.8 Å². The Morgan fingerprint density at radius 3 is 2.88 bits per heavy atom. The van der Waals surface area contributed by atoms with E-state index in [0.29, 0.717) is 23.9 Å². The highest BCUT2D eigenvalue weighted by Crippen LogP contribution is 2.04. The number of nitrogens with two attached hydrogens (primary N) is 1. The van der Waals surface area contributed by atoms with E-state index in [0.717, 1.165) is 5.75 Å². The molecule has 0 spiro atoms. The third kappa shape index (κ3) is 4.60. The second-order valence-corrected chi connectivity index (χ2v) is 4.93. The van der Waals surface area contributed by atoms with Crippen molar-refractivity contribution in [2.45, 2.75) is 13.8 Å². The van der Waals surface area contributed by atoms with E-state index in [1.807, 2.05) is 6.26 Å². The quantitative estimate of drug-likeness (QED) is 0.822. The lowest BCUT2D eigenvalue weighted by molar-refractivity contribution is 0.0944. The molecule has 0 radical (unpaired) electrons. The number of aryl methyl sites for hydroxylation is 1. The van der Waals surface area contributed by atoms with Gasteiger partial charge in [0.1, 0.15) is 5.69 Å². The number of hydrogen-bond donors (Lipinski definition) is 2. The van der Waals surface area contributed by atoms with E-state index in [1.54, 1.807) is 24.8 Å². The lowest BCUT2D eigenvalue weighted by atomic mass is 10.2. The van der Waals surface area contributed by atoms with Crippen LogP contribution in [-0.4, -0.2) is 34.4 Å². The van der Waals surface area contributed by atoms with Gasteiger partial charge < -0.3 is 11.1 Å². The molecule has 1 rings (SSSR count). The minimum atomic E-state index is -0.199. The van der Waals surface area contributed by atoms with Gasteiger partial charge in [0.25, 0.3) is 5.91 Å². The molecule has 0 aromatic carbocycles. The largest absolute Gasteiger partial charge is 0.368 e. The van der Waals surface area contributed by atoms with Crippen molar-refractivity contribution in [1.82, 2.24) is 15.3 Å². The third-order valence-electron chi connectivity index (χ3n) is 2.17. The fraction of sp³-hybridized carbons (Fsp3) is 0.545. The van der Waals surface area contributed by atoms with Crippen molar-refractivity contribution >= 4 is 23.6 Å². The van der Waals surface area contributed by atoms with Crippen molar-refractivity contribution < 1.29 is 4.79 Å². The van der Waals surface area contributed by atoms with Crippen LogP contribution in [0.4, 0.5) is 5.95 Å². The molecule has 0 saturated heterocycles. The first kappa shape index (κ1) is 13.8. The van der Waals surface area contributed by atoms with Crippen LogP contribution in [0.2, 0.25) is 0 Å². The zero-order chi connectivity index (χ0) is 12.8. The normalized spacial score (nSPS) is 12.2. The van der Waals surface area contributed by atoms with E-state index < -0.39 is 0 Å². The molecule has 1 unspecified atom stereocenters. The van der Waals surface area contributed by atoms with E-state index in [4.69, 9.17) is 5.73 Å². The molecular weight excluding hydrogens is 236 g/mol. The van der Waals surface area contributed by atoms with Crippen molar-refractivity contribution in [1.29, 1.82) is 0 Å². The summed E-state index contributed by atoms with van der Waals surface area (Å²) >= 11 is 1.77. The molecule has 3 N–H and O–H groups in total. The lowest BCUT2D eigenvalue weighted by Gasteiger charge is -2.11. The average Bonchev–Trinajstić information content (AvgIpc) is 2.25. The first-order valence-corrected chi connectivity index (χ1v) is 6.80. The number of hydrogen-bond acceptors (Lipinski definition) is 5. The van der Waals surface area contributed by atoms with Crippen LogP contribution in [-0.2, 0) is 0 Å². The highest BCUT2D eigenvalue weighted by molar-refractivity contribution is 7.98. The summed E-state index contributed by atoms with van der Waals surface area (Å²) in [5, 5.41) is 2.84. The highest BCUT2D eigenvalue weighted by Gasteiger charge is 2.10. The second kappa shape index (κ2) is 6.44. The molecule has 17 heavy (non-hydrogen) atoms. The van der Waals surface area contributed by atoms with Crippen LogP contribution in [0, 0.1) is 12.8 Å². The molecule has 0 saturated carbocycles. The van der Waals surface area contributed by atoms with Crippen molar-refractivity contribution in [3.8, 4) is 0 Å². The molecule has 94 valence electrons. The molecule has 1 heterocycles. The van der Waals surface area contributed by atoms with Crippen molar-refractivity contribution in [2.75, 3.05) is 24.3 Å². The van der Waals surface area contributed by atoms with Gasteiger partial charge in [0.2, 0.25) is 5.95 Å². The minimum absolute atomic E-state index is 0.132. The van der Waals surface area contributed by atoms with Gasteiger partial charge in [-0.3, -0.25) is 4.79 Å². The monoisotopic (exact) mass is 254 g/mol. The standard InChI is InChI=1S/C11H18N4OS/c1-7(6-17-3)5-13-10(16)9-4-8(2)14-11(12)15-9/h4,7H,5-6H2,1-3H3,(H,13,16)(H2,12,14,15). The summed E-state index contributed by atoms with van der Waals surface area (Å²) in [5.41, 5.74) is 6.51. The summed E-state index contributed by atoms with van der Waals surface area (Å²) in [4.78, 5) is 19.6. The van der Waals surface area contributed by atoms with E-state index in [-0.39, 0.29) is 11.9 Å². The van der Waals surface area contributed by atoms with Gasteiger partial charge in [0.05, 0.1) is 0 Å². The molecule has 6 heteroatoms. The van der Waals surface area contributed by atoms with E-state index in [1.165, 1.54) is 0 Å². The number of carbonyl (C=O) groups is 1. The Labute approximate surface area is 106 Å². The van der Waals surface area contributed by atoms with Crippen LogP contribution < -0.4 is 11.1 Å². The smallest absolute Gasteiger partial charge is 0.270 e. The molecule has 1 atom stereocenters. The minimum Gasteiger partial charge on any atom is -0.368 e. The van der Waals surface area contributed by atoms with E-state index in [9.17, 15) is 4.79 Å². The van der Waals surface area contributed by atoms with Gasteiger partial charge in [-0.25, -0.2) is 9.97 Å². The Morgan fingerprint density at radius 2 is 2.29 bits per heavy atom. The molecule has 0 fully saturated rings. The topological polar surface area (TPSA) is 80.9 Å². The number of carbonyl (C=O) groups excluding carboxylic acids is 1. The van der Waals surface area contributed by atoms with Crippen molar-refractivity contribution in [3.63, 3.8) is 0 Å². The molecule has 5 nitrogen and oxygen atoms in total. The molecule has 1 amide bonds. The van der Waals surface area contributed by atoms with Gasteiger partial charge in [-0.15, -0.1) is 0 Å². The van der Waals surface area contributed by atoms with Gasteiger partial charge in [-0.05, 0) is 30.9 Å². The van der Waals surface area contributed by atoms with Crippen molar-refractivity contribution in [2.24, 2.45) is 5.92 Å². The fourth-order valence-electron chi connectivity index (χ4n) is 1.41. The molecule has 1 aromatic rings. The summed E-state index contributed by atoms with van der Waals surface area (Å²) in [7, 11) is 0. The fourth-order valence-corrected chi connectivity index (χ4v) is 2.10. The Hall–Kier alpha value is -1.30. The Balaban J connectivity index is 2.58. The summed E-state index contributed by atoms with van der Waals surface area (Å²) in [6.07, 6.45) is 2.05. The molecule has 1 aromatic heterocycles. The molecular formula is C11H18N4OS. The molecule has 0 aliphatic carbocycles. The number of amides is 1. The Bertz CT molecular complexity index is 377. The van der Waals surface area contributed by atoms with Crippen LogP contribution in [0.15, 0.2) is 6.07 Å². The maximum Gasteiger partial charge on any atom is 0.270 e. The Kier molecular flexibility index (Phi) is 5.21. The third-order valence-corrected chi connectivity index (χ3v) is 3.07. The number of nitrogen functional groups attached to an aromatic ring is 1. The average molecular weight is 254 g/mol. The summed E-state index contributed by atoms with van der Waals surface area (Å²) < 4.78 is 0. The van der Waals surface area contributed by atoms with Crippen molar-refractivity contribution in [3.05, 3.63) is 17.5 Å². The predicted molar refractivity (Wildman–Crippen MR) is 71.1 cm³/mol. The summed E-state index contributed by atoms with van der Waals surface area (Å²) in [6, 6.07) is 1.63. The second-order valence-electron chi connectivity index (χ2n) is 4.02. The van der Waals surface area contributed by atoms with E-state index in [2.05, 4.69) is 22.2 Å². The van der Waals surface area contributed by atoms with Crippen LogP contribution in [0.25, 0.3) is 0 Å². The van der Waals surface area contributed by atoms with Crippen LogP contribution in [0.1, 0.15) is 23.1 Å². The first-order chi connectivity index (χ1) is 8.02. The zero-order valence-electron chi connectivity index (χ0n) is 10.4. The maximum absolute atomic E-state index is 11.8. The Morgan fingerprint density at radius 1 is 1.59 bits per heavy atom. The number of rotatable bonds is 5. The molecule has 0 bridgehead atoms. The van der Waals surface area contributed by atoms with Crippen LogP contribution in [0.5, 0.6) is 0 Å². The van der Waals surface area contributed by atoms with Gasteiger partial charge in [-0.1, -0.05) is 6.92 Å². The number of anilines is 1. The number of thioether (sulfide) groups is 1. The predicted octanol–water partition coefficient (Wildman–Crippen LogP) is 1.10. The summed E-state index contributed by atoms with van der Waals surface area (Å²) in [5.74, 6) is 1.39. The number of nitrogens with zero attached hydrogens (tertiary/aromatic N) is 2. The molecule has 0 aliphatic heterocycles. The SMILES string of the molecule is CSCC(C)CNC(=O)c1cc(C)nc(N)n1. The zero-order valence-corrected chi connectivity index (χ0v) is 11.2. The lowest BCUT2D eigenvalue weighted by Crippen LogP contribution is -2.30. The van der Waals surface area contributed by atoms with Gasteiger partial charge in [0.15, 0.2) is 0 Å². The maximum atomic E-state index is 11.8. The molecule has 0 aliphatic rings. The van der Waals surface area contributed by atoms with E-state index >= 15 is 0 Å². The van der Waals surface area contributed by atoms with Gasteiger partial charge in [0, 0.05) is 12.2 Å². The number of aromatic nitrogens is 2. The summed E-state index contributed by atoms with van der Waals surface area (Å²) in [6.45, 7) is 4.52. The van der Waals surface area contributed by atoms with Crippen LogP contribution in [0.3, 0.4) is 0 Å². The van der Waals surface area contributed by atoms with Gasteiger partial charge >= 0.3 is 0 Å². The van der Waals surface area contributed by atoms with Crippen LogP contribution >= 0.6 is 11.8 Å². The highest BCUT2D eigenvalue weighted by atomic mass is 32.2. The first-order valence-electron chi connectivity index (χ1n) is 5.41. The number of nitrogens with one attached hydrogen (secondary N) is 1.